The highest BCUT2D eigenvalue weighted by molar-refractivity contribution is 8.00. The zero-order valence-corrected chi connectivity index (χ0v) is 31.5. The molecule has 2 rings (SSSR count). The average molecular weight is 676 g/mol. The second kappa shape index (κ2) is 17.6. The van der Waals surface area contributed by atoms with E-state index in [9.17, 15) is 4.79 Å². The zero-order valence-electron chi connectivity index (χ0n) is 30.7. The number of amides is 1. The number of rotatable bonds is 17. The number of terminal acetylenes is 1. The summed E-state index contributed by atoms with van der Waals surface area (Å²) in [5.74, 6) is 3.97. The topological polar surface area (TPSA) is 116 Å². The van der Waals surface area contributed by atoms with Crippen LogP contribution in [0.25, 0.3) is 6.08 Å². The van der Waals surface area contributed by atoms with Crippen molar-refractivity contribution in [3.8, 4) is 18.1 Å². The molecule has 0 saturated heterocycles. The number of carbonyl (C=O) groups excluding carboxylic acids is 1. The predicted molar refractivity (Wildman–Crippen MR) is 203 cm³/mol. The third kappa shape index (κ3) is 13.8. The Balaban J connectivity index is 1.92. The Morgan fingerprint density at radius 1 is 0.917 bits per heavy atom. The molecule has 0 bridgehead atoms. The molecular weight excluding hydrogens is 619 g/mol. The molecule has 0 atom stereocenters. The summed E-state index contributed by atoms with van der Waals surface area (Å²) >= 11 is 1.88. The van der Waals surface area contributed by atoms with Gasteiger partial charge in [0.2, 0.25) is 5.91 Å². The number of hydrogen-bond donors (Lipinski definition) is 2. The Morgan fingerprint density at radius 2 is 1.54 bits per heavy atom. The Labute approximate surface area is 293 Å². The molecule has 0 aliphatic rings. The van der Waals surface area contributed by atoms with Gasteiger partial charge in [-0.1, -0.05) is 84.7 Å². The summed E-state index contributed by atoms with van der Waals surface area (Å²) in [6.07, 6.45) is 10.1. The van der Waals surface area contributed by atoms with Gasteiger partial charge < -0.3 is 25.8 Å². The molecule has 0 aliphatic heterocycles. The molecule has 0 fully saturated rings. The van der Waals surface area contributed by atoms with Gasteiger partial charge in [0.25, 0.3) is 0 Å². The quantitative estimate of drug-likeness (QED) is 0.0586. The van der Waals surface area contributed by atoms with E-state index in [-0.39, 0.29) is 39.3 Å². The molecule has 2 aromatic rings. The summed E-state index contributed by atoms with van der Waals surface area (Å²) in [5.41, 5.74) is 12.8. The molecule has 262 valence electrons. The first-order valence-corrected chi connectivity index (χ1v) is 17.2. The SMILES string of the molecule is C#CCN(C/C=C/c1ccccc1SC(C)(C)C(C)(C)C)C(=O)CC(C)(C)COCC(C)(C)COc1ccc(/C(N)=N/N=C(/C)N)cc1. The standard InChI is InChI=1S/C39H57N5O3S/c1-12-23-44(24-15-17-30-16-13-14-18-33(30)48-39(10,11)36(3,4)5)34(45)25-37(6,7)26-46-27-38(8,9)28-47-32-21-19-31(20-22-32)35(41)43-42-29(2)40/h1,13-22H,23-28H2,2-11H3,(H2,40,42)(H2,41,43)/b17-15+. The summed E-state index contributed by atoms with van der Waals surface area (Å²) < 4.78 is 12.2. The Kier molecular flexibility index (Phi) is 14.8. The third-order valence-corrected chi connectivity index (χ3v) is 9.77. The van der Waals surface area contributed by atoms with Crippen molar-refractivity contribution in [2.24, 2.45) is 37.9 Å². The van der Waals surface area contributed by atoms with Crippen molar-refractivity contribution in [1.82, 2.24) is 4.90 Å². The smallest absolute Gasteiger partial charge is 0.224 e. The zero-order chi connectivity index (χ0) is 36.2. The number of amidine groups is 2. The van der Waals surface area contributed by atoms with Crippen LogP contribution in [0.5, 0.6) is 5.75 Å². The van der Waals surface area contributed by atoms with Crippen LogP contribution < -0.4 is 16.2 Å². The fourth-order valence-electron chi connectivity index (χ4n) is 4.22. The van der Waals surface area contributed by atoms with Crippen molar-refractivity contribution in [2.45, 2.75) is 85.3 Å². The molecule has 0 aliphatic carbocycles. The van der Waals surface area contributed by atoms with Crippen LogP contribution in [0.15, 0.2) is 69.7 Å². The van der Waals surface area contributed by atoms with E-state index in [1.54, 1.807) is 11.8 Å². The van der Waals surface area contributed by atoms with Gasteiger partial charge in [0.15, 0.2) is 5.84 Å². The van der Waals surface area contributed by atoms with Gasteiger partial charge in [0.1, 0.15) is 11.6 Å². The van der Waals surface area contributed by atoms with Gasteiger partial charge in [0, 0.05) is 33.6 Å². The van der Waals surface area contributed by atoms with E-state index in [2.05, 4.69) is 88.9 Å². The maximum absolute atomic E-state index is 13.4. The summed E-state index contributed by atoms with van der Waals surface area (Å²) in [6, 6.07) is 15.7. The number of benzene rings is 2. The molecular formula is C39H57N5O3S. The van der Waals surface area contributed by atoms with Crippen LogP contribution >= 0.6 is 11.8 Å². The van der Waals surface area contributed by atoms with Crippen LogP contribution in [0.1, 0.15) is 86.8 Å². The minimum absolute atomic E-state index is 0.00409. The van der Waals surface area contributed by atoms with Crippen molar-refractivity contribution < 1.29 is 14.3 Å². The molecule has 0 spiro atoms. The third-order valence-electron chi connectivity index (χ3n) is 8.06. The van der Waals surface area contributed by atoms with Gasteiger partial charge in [-0.25, -0.2) is 0 Å². The van der Waals surface area contributed by atoms with E-state index in [1.807, 2.05) is 62.0 Å². The normalized spacial score (nSPS) is 13.4. The van der Waals surface area contributed by atoms with Crippen molar-refractivity contribution >= 4 is 35.4 Å². The molecule has 0 radical (unpaired) electrons. The molecule has 1 amide bonds. The highest BCUT2D eigenvalue weighted by Crippen LogP contribution is 2.46. The largest absolute Gasteiger partial charge is 0.493 e. The van der Waals surface area contributed by atoms with Gasteiger partial charge >= 0.3 is 0 Å². The van der Waals surface area contributed by atoms with Gasteiger partial charge in [0.05, 0.1) is 26.4 Å². The van der Waals surface area contributed by atoms with Crippen LogP contribution in [0.3, 0.4) is 0 Å². The van der Waals surface area contributed by atoms with Gasteiger partial charge in [-0.05, 0) is 67.5 Å². The number of hydrogen-bond acceptors (Lipinski definition) is 6. The van der Waals surface area contributed by atoms with Crippen molar-refractivity contribution in [2.75, 3.05) is 32.9 Å². The Bertz CT molecular complexity index is 1470. The molecule has 0 aromatic heterocycles. The molecule has 9 heteroatoms. The number of carbonyl (C=O) groups is 1. The summed E-state index contributed by atoms with van der Waals surface area (Å²) in [4.78, 5) is 16.3. The van der Waals surface area contributed by atoms with Crippen molar-refractivity contribution in [3.63, 3.8) is 0 Å². The molecule has 0 saturated carbocycles. The summed E-state index contributed by atoms with van der Waals surface area (Å²) in [6.45, 7) is 23.3. The summed E-state index contributed by atoms with van der Waals surface area (Å²) in [5, 5.41) is 7.70. The first-order chi connectivity index (χ1) is 22.2. The average Bonchev–Trinajstić information content (AvgIpc) is 2.98. The van der Waals surface area contributed by atoms with Crippen LogP contribution in [0, 0.1) is 28.6 Å². The molecule has 2 aromatic carbocycles. The van der Waals surface area contributed by atoms with Gasteiger partial charge in [-0.15, -0.1) is 28.4 Å². The maximum Gasteiger partial charge on any atom is 0.224 e. The maximum atomic E-state index is 13.4. The lowest BCUT2D eigenvalue weighted by molar-refractivity contribution is -0.133. The highest BCUT2D eigenvalue weighted by Gasteiger charge is 2.34. The lowest BCUT2D eigenvalue weighted by atomic mass is 9.83. The van der Waals surface area contributed by atoms with Crippen molar-refractivity contribution in [3.05, 3.63) is 65.7 Å². The number of ether oxygens (including phenoxy) is 2. The van der Waals surface area contributed by atoms with E-state index in [1.165, 1.54) is 4.90 Å². The first-order valence-electron chi connectivity index (χ1n) is 16.4. The van der Waals surface area contributed by atoms with E-state index in [0.717, 1.165) is 11.1 Å². The van der Waals surface area contributed by atoms with Gasteiger partial charge in [-0.2, -0.15) is 0 Å². The van der Waals surface area contributed by atoms with Crippen LogP contribution in [-0.4, -0.2) is 60.1 Å². The van der Waals surface area contributed by atoms with Crippen LogP contribution in [0.2, 0.25) is 0 Å². The van der Waals surface area contributed by atoms with E-state index >= 15 is 0 Å². The van der Waals surface area contributed by atoms with Crippen LogP contribution in [-0.2, 0) is 9.53 Å². The second-order valence-electron chi connectivity index (χ2n) is 15.3. The van der Waals surface area contributed by atoms with Crippen molar-refractivity contribution in [1.29, 1.82) is 0 Å². The summed E-state index contributed by atoms with van der Waals surface area (Å²) in [7, 11) is 0. The minimum Gasteiger partial charge on any atom is -0.493 e. The molecule has 8 nitrogen and oxygen atoms in total. The van der Waals surface area contributed by atoms with E-state index in [0.29, 0.717) is 44.4 Å². The molecule has 0 heterocycles. The second-order valence-corrected chi connectivity index (χ2v) is 17.0. The fraction of sp³-hybridized carbons (Fsp3) is 0.513. The van der Waals surface area contributed by atoms with Gasteiger partial charge in [-0.3, -0.25) is 4.79 Å². The lowest BCUT2D eigenvalue weighted by Gasteiger charge is -2.38. The minimum atomic E-state index is -0.379. The number of thioether (sulfide) groups is 1. The van der Waals surface area contributed by atoms with E-state index in [4.69, 9.17) is 27.4 Å². The molecule has 48 heavy (non-hydrogen) atoms. The Morgan fingerprint density at radius 3 is 2.15 bits per heavy atom. The fourth-order valence-corrected chi connectivity index (χ4v) is 5.48. The lowest BCUT2D eigenvalue weighted by Crippen LogP contribution is -2.37. The Hall–Kier alpha value is -3.74. The van der Waals surface area contributed by atoms with E-state index < -0.39 is 0 Å². The van der Waals surface area contributed by atoms with Crippen LogP contribution in [0.4, 0.5) is 0 Å². The first kappa shape index (κ1) is 40.4. The number of nitrogens with two attached hydrogens (primary N) is 2. The molecule has 4 N–H and O–H groups in total. The molecule has 0 unspecified atom stereocenters. The highest BCUT2D eigenvalue weighted by atomic mass is 32.2. The number of nitrogens with zero attached hydrogens (tertiary/aromatic N) is 3. The monoisotopic (exact) mass is 675 g/mol. The predicted octanol–water partition coefficient (Wildman–Crippen LogP) is 7.61.